The lowest BCUT2D eigenvalue weighted by Gasteiger charge is -2.29. The molecule has 24 heavy (non-hydrogen) atoms. The Morgan fingerprint density at radius 1 is 1.00 bits per heavy atom. The second-order valence-electron chi connectivity index (χ2n) is 7.72. The summed E-state index contributed by atoms with van der Waals surface area (Å²) in [4.78, 5) is 17.1. The minimum Gasteiger partial charge on any atom is -0.340 e. The molecule has 0 radical (unpaired) electrons. The molecular formula is C18H37Cl2N3O. The fourth-order valence-corrected chi connectivity index (χ4v) is 3.95. The van der Waals surface area contributed by atoms with Crippen molar-refractivity contribution in [2.75, 3.05) is 32.7 Å². The average molecular weight is 382 g/mol. The Kier molecular flexibility index (Phi) is 12.3. The zero-order valence-corrected chi connectivity index (χ0v) is 17.0. The van der Waals surface area contributed by atoms with E-state index < -0.39 is 0 Å². The van der Waals surface area contributed by atoms with Gasteiger partial charge in [-0.2, -0.15) is 0 Å². The SMILES string of the molecule is CC(C)C[C@H](N)C(=O)N1CCCN(CC2CCCCC2)CC1.Cl.Cl. The normalized spacial score (nSPS) is 21.6. The molecule has 1 saturated heterocycles. The molecule has 2 fully saturated rings. The molecule has 1 atom stereocenters. The molecule has 1 amide bonds. The van der Waals surface area contributed by atoms with Crippen LogP contribution in [-0.2, 0) is 4.79 Å². The first-order valence-corrected chi connectivity index (χ1v) is 9.33. The number of nitrogens with zero attached hydrogens (tertiary/aromatic N) is 2. The molecule has 1 heterocycles. The molecule has 1 saturated carbocycles. The highest BCUT2D eigenvalue weighted by molar-refractivity contribution is 5.85. The van der Waals surface area contributed by atoms with Crippen molar-refractivity contribution >= 4 is 30.7 Å². The monoisotopic (exact) mass is 381 g/mol. The Hall–Kier alpha value is -0.0300. The van der Waals surface area contributed by atoms with Crippen LogP contribution in [0.1, 0.15) is 58.8 Å². The van der Waals surface area contributed by atoms with Crippen LogP contribution in [0.25, 0.3) is 0 Å². The largest absolute Gasteiger partial charge is 0.340 e. The molecule has 0 aromatic heterocycles. The lowest BCUT2D eigenvalue weighted by atomic mass is 9.89. The molecule has 2 rings (SSSR count). The first kappa shape index (κ1) is 24.0. The lowest BCUT2D eigenvalue weighted by Crippen LogP contribution is -2.46. The third-order valence-electron chi connectivity index (χ3n) is 5.18. The van der Waals surface area contributed by atoms with Gasteiger partial charge in [-0.25, -0.2) is 0 Å². The number of carbonyl (C=O) groups excluding carboxylic acids is 1. The van der Waals surface area contributed by atoms with Gasteiger partial charge < -0.3 is 15.5 Å². The zero-order chi connectivity index (χ0) is 15.9. The quantitative estimate of drug-likeness (QED) is 0.794. The maximum Gasteiger partial charge on any atom is 0.239 e. The minimum absolute atomic E-state index is 0. The van der Waals surface area contributed by atoms with E-state index in [0.717, 1.165) is 44.9 Å². The molecule has 144 valence electrons. The standard InChI is InChI=1S/C18H35N3O.2ClH/c1-15(2)13-17(19)18(22)21-10-6-9-20(11-12-21)14-16-7-4-3-5-8-16;;/h15-17H,3-14,19H2,1-2H3;2*1H/t17-;;/m0../s1. The number of nitrogens with two attached hydrogens (primary N) is 1. The van der Waals surface area contributed by atoms with Gasteiger partial charge in [0, 0.05) is 26.2 Å². The lowest BCUT2D eigenvalue weighted by molar-refractivity contribution is -0.132. The molecule has 6 heteroatoms. The summed E-state index contributed by atoms with van der Waals surface area (Å²) in [6.45, 7) is 9.39. The highest BCUT2D eigenvalue weighted by Crippen LogP contribution is 2.24. The van der Waals surface area contributed by atoms with Crippen LogP contribution in [0.5, 0.6) is 0 Å². The molecule has 1 aliphatic carbocycles. The number of hydrogen-bond donors (Lipinski definition) is 1. The maximum absolute atomic E-state index is 12.5. The summed E-state index contributed by atoms with van der Waals surface area (Å²) in [6, 6.07) is -0.315. The van der Waals surface area contributed by atoms with Crippen LogP contribution in [0.2, 0.25) is 0 Å². The second kappa shape index (κ2) is 12.3. The Morgan fingerprint density at radius 3 is 2.29 bits per heavy atom. The van der Waals surface area contributed by atoms with Crippen molar-refractivity contribution in [1.82, 2.24) is 9.80 Å². The molecule has 2 N–H and O–H groups in total. The molecule has 4 nitrogen and oxygen atoms in total. The predicted molar refractivity (Wildman–Crippen MR) is 106 cm³/mol. The Bertz CT molecular complexity index is 349. The van der Waals surface area contributed by atoms with Crippen molar-refractivity contribution in [2.24, 2.45) is 17.6 Å². The fraction of sp³-hybridized carbons (Fsp3) is 0.944. The zero-order valence-electron chi connectivity index (χ0n) is 15.4. The molecule has 1 aliphatic heterocycles. The molecule has 0 unspecified atom stereocenters. The van der Waals surface area contributed by atoms with Crippen molar-refractivity contribution in [3.8, 4) is 0 Å². The molecule has 0 aromatic rings. The Labute approximate surface area is 160 Å². The summed E-state index contributed by atoms with van der Waals surface area (Å²) in [6.07, 6.45) is 8.93. The Morgan fingerprint density at radius 2 is 1.67 bits per heavy atom. The second-order valence-corrected chi connectivity index (χ2v) is 7.72. The third-order valence-corrected chi connectivity index (χ3v) is 5.18. The van der Waals surface area contributed by atoms with Crippen LogP contribution < -0.4 is 5.73 Å². The van der Waals surface area contributed by atoms with Gasteiger partial charge in [0.2, 0.25) is 5.91 Å². The molecule has 0 bridgehead atoms. The van der Waals surface area contributed by atoms with Gasteiger partial charge in [-0.1, -0.05) is 33.1 Å². The smallest absolute Gasteiger partial charge is 0.239 e. The number of rotatable bonds is 5. The van der Waals surface area contributed by atoms with Crippen LogP contribution in [0.4, 0.5) is 0 Å². The summed E-state index contributed by atoms with van der Waals surface area (Å²) in [5.41, 5.74) is 6.08. The van der Waals surface area contributed by atoms with E-state index in [1.54, 1.807) is 0 Å². The molecule has 0 aromatic carbocycles. The van der Waals surface area contributed by atoms with Crippen molar-refractivity contribution in [2.45, 2.75) is 64.8 Å². The van der Waals surface area contributed by atoms with E-state index in [9.17, 15) is 4.79 Å². The summed E-state index contributed by atoms with van der Waals surface area (Å²) in [5, 5.41) is 0. The van der Waals surface area contributed by atoms with E-state index in [0.29, 0.717) is 5.92 Å². The predicted octanol–water partition coefficient (Wildman–Crippen LogP) is 3.32. The first-order valence-electron chi connectivity index (χ1n) is 9.33. The van der Waals surface area contributed by atoms with Crippen molar-refractivity contribution in [3.05, 3.63) is 0 Å². The van der Waals surface area contributed by atoms with Crippen molar-refractivity contribution in [1.29, 1.82) is 0 Å². The van der Waals surface area contributed by atoms with E-state index >= 15 is 0 Å². The summed E-state index contributed by atoms with van der Waals surface area (Å²) in [7, 11) is 0. The van der Waals surface area contributed by atoms with Gasteiger partial charge in [-0.15, -0.1) is 24.8 Å². The number of halogens is 2. The van der Waals surface area contributed by atoms with Crippen LogP contribution in [0.3, 0.4) is 0 Å². The van der Waals surface area contributed by atoms with E-state index in [2.05, 4.69) is 18.7 Å². The van der Waals surface area contributed by atoms with E-state index in [1.807, 2.05) is 4.90 Å². The number of hydrogen-bond acceptors (Lipinski definition) is 3. The van der Waals surface area contributed by atoms with Crippen LogP contribution in [0, 0.1) is 11.8 Å². The minimum atomic E-state index is -0.315. The van der Waals surface area contributed by atoms with Gasteiger partial charge in [0.1, 0.15) is 0 Å². The Balaban J connectivity index is 0.00000264. The maximum atomic E-state index is 12.5. The van der Waals surface area contributed by atoms with Gasteiger partial charge in [-0.3, -0.25) is 4.79 Å². The highest BCUT2D eigenvalue weighted by atomic mass is 35.5. The topological polar surface area (TPSA) is 49.6 Å². The van der Waals surface area contributed by atoms with E-state index in [-0.39, 0.29) is 36.8 Å². The van der Waals surface area contributed by atoms with Crippen LogP contribution in [-0.4, -0.2) is 54.5 Å². The molecular weight excluding hydrogens is 345 g/mol. The fourth-order valence-electron chi connectivity index (χ4n) is 3.95. The van der Waals surface area contributed by atoms with Gasteiger partial charge >= 0.3 is 0 Å². The van der Waals surface area contributed by atoms with E-state index in [1.165, 1.54) is 38.6 Å². The van der Waals surface area contributed by atoms with Crippen molar-refractivity contribution in [3.63, 3.8) is 0 Å². The van der Waals surface area contributed by atoms with Gasteiger partial charge in [0.15, 0.2) is 0 Å². The van der Waals surface area contributed by atoms with E-state index in [4.69, 9.17) is 5.73 Å². The molecule has 0 spiro atoms. The first-order chi connectivity index (χ1) is 10.6. The average Bonchev–Trinajstić information content (AvgIpc) is 2.72. The summed E-state index contributed by atoms with van der Waals surface area (Å²) < 4.78 is 0. The third kappa shape index (κ3) is 7.90. The number of carbonyl (C=O) groups is 1. The van der Waals surface area contributed by atoms with Gasteiger partial charge in [-0.05, 0) is 44.1 Å². The summed E-state index contributed by atoms with van der Waals surface area (Å²) >= 11 is 0. The number of amides is 1. The van der Waals surface area contributed by atoms with Crippen LogP contribution in [0.15, 0.2) is 0 Å². The summed E-state index contributed by atoms with van der Waals surface area (Å²) in [5.74, 6) is 1.53. The van der Waals surface area contributed by atoms with Gasteiger partial charge in [0.05, 0.1) is 6.04 Å². The van der Waals surface area contributed by atoms with Gasteiger partial charge in [0.25, 0.3) is 0 Å². The van der Waals surface area contributed by atoms with Crippen LogP contribution >= 0.6 is 24.8 Å². The molecule has 2 aliphatic rings. The van der Waals surface area contributed by atoms with Crippen molar-refractivity contribution < 1.29 is 4.79 Å². The highest BCUT2D eigenvalue weighted by Gasteiger charge is 2.25.